The van der Waals surface area contributed by atoms with Crippen molar-refractivity contribution >= 4 is 10.0 Å². The van der Waals surface area contributed by atoms with Crippen molar-refractivity contribution in [2.75, 3.05) is 6.54 Å². The van der Waals surface area contributed by atoms with Crippen LogP contribution in [0.1, 0.15) is 42.9 Å². The van der Waals surface area contributed by atoms with Crippen LogP contribution < -0.4 is 4.72 Å². The third-order valence-electron chi connectivity index (χ3n) is 4.28. The van der Waals surface area contributed by atoms with Crippen molar-refractivity contribution in [3.05, 3.63) is 29.3 Å². The van der Waals surface area contributed by atoms with E-state index in [-0.39, 0.29) is 17.5 Å². The Morgan fingerprint density at radius 2 is 1.96 bits per heavy atom. The van der Waals surface area contributed by atoms with Crippen LogP contribution in [-0.2, 0) is 23.2 Å². The lowest BCUT2D eigenvalue weighted by Gasteiger charge is -2.18. The Morgan fingerprint density at radius 3 is 2.42 bits per heavy atom. The van der Waals surface area contributed by atoms with Gasteiger partial charge in [-0.3, -0.25) is 9.36 Å². The molecule has 146 valence electrons. The molecule has 0 saturated carbocycles. The first-order valence-corrected chi connectivity index (χ1v) is 9.57. The molecule has 7 nitrogen and oxygen atoms in total. The molecule has 0 radical (unpaired) electrons. The summed E-state index contributed by atoms with van der Waals surface area (Å²) < 4.78 is 68.3. The van der Waals surface area contributed by atoms with Crippen LogP contribution in [0, 0.1) is 13.8 Å². The standard InChI is InChI=1S/C15H22F3N5O2S/c1-5-12(23-10(2)8-14(21-23)15(16,17)18)6-7-20-26(24,25)13-9-19-22(4)11(13)3/h8-9,12,20H,5-7H2,1-4H3. The van der Waals surface area contributed by atoms with E-state index in [4.69, 9.17) is 0 Å². The van der Waals surface area contributed by atoms with Gasteiger partial charge in [0.2, 0.25) is 10.0 Å². The van der Waals surface area contributed by atoms with Gasteiger partial charge in [-0.05, 0) is 32.8 Å². The SMILES string of the molecule is CCC(CCNS(=O)(=O)c1cnn(C)c1C)n1nc(C(F)(F)F)cc1C. The molecule has 1 unspecified atom stereocenters. The van der Waals surface area contributed by atoms with E-state index in [9.17, 15) is 21.6 Å². The van der Waals surface area contributed by atoms with Gasteiger partial charge in [0.25, 0.3) is 0 Å². The molecule has 0 bridgehead atoms. The van der Waals surface area contributed by atoms with Crippen molar-refractivity contribution in [1.82, 2.24) is 24.3 Å². The number of nitrogens with zero attached hydrogens (tertiary/aromatic N) is 4. The molecule has 0 aliphatic heterocycles. The molecule has 0 saturated heterocycles. The van der Waals surface area contributed by atoms with Gasteiger partial charge in [0.05, 0.1) is 17.9 Å². The van der Waals surface area contributed by atoms with Gasteiger partial charge in [-0.1, -0.05) is 6.92 Å². The maximum absolute atomic E-state index is 12.8. The predicted octanol–water partition coefficient (Wildman–Crippen LogP) is 2.57. The Bertz CT molecular complexity index is 870. The van der Waals surface area contributed by atoms with Crippen LogP contribution in [0.15, 0.2) is 17.2 Å². The van der Waals surface area contributed by atoms with E-state index in [1.54, 1.807) is 20.9 Å². The number of halogens is 3. The molecule has 0 fully saturated rings. The Labute approximate surface area is 150 Å². The highest BCUT2D eigenvalue weighted by molar-refractivity contribution is 7.89. The predicted molar refractivity (Wildman–Crippen MR) is 89.0 cm³/mol. The third kappa shape index (κ3) is 4.26. The Balaban J connectivity index is 2.08. The fraction of sp³-hybridized carbons (Fsp3) is 0.600. The fourth-order valence-corrected chi connectivity index (χ4v) is 3.92. The van der Waals surface area contributed by atoms with Gasteiger partial charge >= 0.3 is 6.18 Å². The summed E-state index contributed by atoms with van der Waals surface area (Å²) in [7, 11) is -2.09. The molecule has 0 amide bonds. The minimum atomic E-state index is -4.51. The molecule has 0 spiro atoms. The summed E-state index contributed by atoms with van der Waals surface area (Å²) in [5, 5.41) is 7.55. The second-order valence-electron chi connectivity index (χ2n) is 6.08. The summed E-state index contributed by atoms with van der Waals surface area (Å²) in [5.74, 6) is 0. The van der Waals surface area contributed by atoms with E-state index in [0.29, 0.717) is 24.2 Å². The topological polar surface area (TPSA) is 81.8 Å². The maximum atomic E-state index is 12.8. The molecule has 2 heterocycles. The first-order chi connectivity index (χ1) is 12.0. The largest absolute Gasteiger partial charge is 0.435 e. The van der Waals surface area contributed by atoms with Crippen molar-refractivity contribution in [2.45, 2.75) is 50.7 Å². The van der Waals surface area contributed by atoms with Crippen molar-refractivity contribution in [1.29, 1.82) is 0 Å². The highest BCUT2D eigenvalue weighted by Crippen LogP contribution is 2.30. The zero-order chi connectivity index (χ0) is 19.7. The van der Waals surface area contributed by atoms with Gasteiger partial charge in [0.15, 0.2) is 5.69 Å². The number of aryl methyl sites for hydroxylation is 2. The number of rotatable bonds is 7. The normalized spacial score (nSPS) is 14.0. The van der Waals surface area contributed by atoms with Crippen LogP contribution in [0.4, 0.5) is 13.2 Å². The molecule has 2 aromatic heterocycles. The highest BCUT2D eigenvalue weighted by atomic mass is 32.2. The zero-order valence-electron chi connectivity index (χ0n) is 15.0. The van der Waals surface area contributed by atoms with Crippen LogP contribution in [-0.4, -0.2) is 34.5 Å². The molecule has 0 aromatic carbocycles. The fourth-order valence-electron chi connectivity index (χ4n) is 2.68. The summed E-state index contributed by atoms with van der Waals surface area (Å²) >= 11 is 0. The average Bonchev–Trinajstić information content (AvgIpc) is 3.08. The zero-order valence-corrected chi connectivity index (χ0v) is 15.8. The van der Waals surface area contributed by atoms with Crippen molar-refractivity contribution in [3.8, 4) is 0 Å². The molecule has 0 aliphatic carbocycles. The van der Waals surface area contributed by atoms with Crippen molar-refractivity contribution in [2.24, 2.45) is 7.05 Å². The molecule has 2 aromatic rings. The number of hydrogen-bond acceptors (Lipinski definition) is 4. The van der Waals surface area contributed by atoms with Crippen molar-refractivity contribution < 1.29 is 21.6 Å². The lowest BCUT2D eigenvalue weighted by atomic mass is 10.1. The molecular formula is C15H22F3N5O2S. The molecule has 1 atom stereocenters. The minimum absolute atomic E-state index is 0.0792. The van der Waals surface area contributed by atoms with E-state index >= 15 is 0 Å². The molecule has 11 heteroatoms. The second-order valence-corrected chi connectivity index (χ2v) is 7.82. The summed E-state index contributed by atoms with van der Waals surface area (Å²) in [5.41, 5.74) is -0.0579. The Hall–Kier alpha value is -1.88. The van der Waals surface area contributed by atoms with Gasteiger partial charge in [-0.2, -0.15) is 23.4 Å². The third-order valence-corrected chi connectivity index (χ3v) is 5.84. The minimum Gasteiger partial charge on any atom is -0.272 e. The summed E-state index contributed by atoms with van der Waals surface area (Å²) in [6, 6.07) is 0.648. The van der Waals surface area contributed by atoms with Gasteiger partial charge in [-0.15, -0.1) is 0 Å². The Kier molecular flexibility index (Phi) is 5.81. The summed E-state index contributed by atoms with van der Waals surface area (Å²) in [4.78, 5) is 0.0858. The Morgan fingerprint density at radius 1 is 1.31 bits per heavy atom. The van der Waals surface area contributed by atoms with Crippen LogP contribution in [0.25, 0.3) is 0 Å². The number of alkyl halides is 3. The van der Waals surface area contributed by atoms with E-state index < -0.39 is 21.9 Å². The van der Waals surface area contributed by atoms with E-state index in [2.05, 4.69) is 14.9 Å². The molecular weight excluding hydrogens is 371 g/mol. The van der Waals surface area contributed by atoms with Gasteiger partial charge in [-0.25, -0.2) is 13.1 Å². The van der Waals surface area contributed by atoms with Crippen LogP contribution in [0.2, 0.25) is 0 Å². The summed E-state index contributed by atoms with van der Waals surface area (Å²) in [6.07, 6.45) is -2.40. The number of nitrogens with one attached hydrogen (secondary N) is 1. The smallest absolute Gasteiger partial charge is 0.272 e. The molecule has 2 rings (SSSR count). The van der Waals surface area contributed by atoms with Crippen LogP contribution in [0.5, 0.6) is 0 Å². The van der Waals surface area contributed by atoms with Crippen molar-refractivity contribution in [3.63, 3.8) is 0 Å². The second kappa shape index (κ2) is 7.39. The lowest BCUT2D eigenvalue weighted by Crippen LogP contribution is -2.27. The van der Waals surface area contributed by atoms with E-state index in [0.717, 1.165) is 6.07 Å². The first-order valence-electron chi connectivity index (χ1n) is 8.09. The monoisotopic (exact) mass is 393 g/mol. The van der Waals surface area contributed by atoms with Gasteiger partial charge in [0.1, 0.15) is 4.90 Å². The molecule has 1 N–H and O–H groups in total. The average molecular weight is 393 g/mol. The van der Waals surface area contributed by atoms with Crippen LogP contribution >= 0.6 is 0 Å². The molecule has 26 heavy (non-hydrogen) atoms. The van der Waals surface area contributed by atoms with E-state index in [1.807, 2.05) is 6.92 Å². The van der Waals surface area contributed by atoms with Crippen LogP contribution in [0.3, 0.4) is 0 Å². The quantitative estimate of drug-likeness (QED) is 0.784. The van der Waals surface area contributed by atoms with Gasteiger partial charge < -0.3 is 0 Å². The summed E-state index contributed by atoms with van der Waals surface area (Å²) in [6.45, 7) is 5.09. The van der Waals surface area contributed by atoms with E-state index in [1.165, 1.54) is 15.6 Å². The number of aromatic nitrogens is 4. The maximum Gasteiger partial charge on any atom is 0.435 e. The highest BCUT2D eigenvalue weighted by Gasteiger charge is 2.35. The number of hydrogen-bond donors (Lipinski definition) is 1. The molecule has 0 aliphatic rings. The van der Waals surface area contributed by atoms with Gasteiger partial charge in [0, 0.05) is 19.3 Å². The first kappa shape index (κ1) is 20.4. The number of sulfonamides is 1. The lowest BCUT2D eigenvalue weighted by molar-refractivity contribution is -0.141.